The fourth-order valence-electron chi connectivity index (χ4n) is 2.19. The van der Waals surface area contributed by atoms with Gasteiger partial charge < -0.3 is 5.32 Å². The summed E-state index contributed by atoms with van der Waals surface area (Å²) in [5.41, 5.74) is 3.34. The largest absolute Gasteiger partial charge is 0.321 e. The number of amides is 1. The van der Waals surface area contributed by atoms with E-state index in [2.05, 4.69) is 19.2 Å². The summed E-state index contributed by atoms with van der Waals surface area (Å²) in [7, 11) is 0. The van der Waals surface area contributed by atoms with Crippen LogP contribution in [0, 0.1) is 6.92 Å². The molecule has 2 aromatic rings. The lowest BCUT2D eigenvalue weighted by molar-refractivity contribution is 0.102. The van der Waals surface area contributed by atoms with Crippen molar-refractivity contribution in [2.24, 2.45) is 0 Å². The molecule has 0 atom stereocenters. The zero-order valence-corrected chi connectivity index (χ0v) is 13.7. The molecule has 0 aromatic heterocycles. The van der Waals surface area contributed by atoms with Crippen LogP contribution in [0.2, 0.25) is 10.0 Å². The van der Waals surface area contributed by atoms with Gasteiger partial charge in [0.15, 0.2) is 0 Å². The molecular weight excluding hydrogens is 305 g/mol. The normalized spacial score (nSPS) is 10.8. The molecule has 0 fully saturated rings. The lowest BCUT2D eigenvalue weighted by atomic mass is 9.98. The van der Waals surface area contributed by atoms with Gasteiger partial charge in [-0.1, -0.05) is 55.2 Å². The Labute approximate surface area is 135 Å². The van der Waals surface area contributed by atoms with Crippen LogP contribution in [-0.2, 0) is 0 Å². The zero-order chi connectivity index (χ0) is 15.6. The molecule has 110 valence electrons. The number of carbonyl (C=O) groups excluding carboxylic acids is 1. The number of anilines is 1. The monoisotopic (exact) mass is 321 g/mol. The minimum Gasteiger partial charge on any atom is -0.321 e. The summed E-state index contributed by atoms with van der Waals surface area (Å²) in [6.07, 6.45) is 0. The molecule has 4 heteroatoms. The fraction of sp³-hybridized carbons (Fsp3) is 0.235. The summed E-state index contributed by atoms with van der Waals surface area (Å²) in [5.74, 6) is 0.0636. The molecule has 0 unspecified atom stereocenters. The first kappa shape index (κ1) is 15.9. The van der Waals surface area contributed by atoms with E-state index in [1.54, 1.807) is 18.2 Å². The third kappa shape index (κ3) is 3.58. The van der Waals surface area contributed by atoms with Gasteiger partial charge >= 0.3 is 0 Å². The molecule has 0 radical (unpaired) electrons. The highest BCUT2D eigenvalue weighted by Gasteiger charge is 2.15. The van der Waals surface area contributed by atoms with E-state index in [1.807, 2.05) is 25.1 Å². The van der Waals surface area contributed by atoms with Gasteiger partial charge in [-0.2, -0.15) is 0 Å². The van der Waals surface area contributed by atoms with E-state index in [0.29, 0.717) is 21.5 Å². The molecule has 2 nitrogen and oxygen atoms in total. The number of halogens is 2. The van der Waals surface area contributed by atoms with Crippen molar-refractivity contribution in [3.63, 3.8) is 0 Å². The minimum atomic E-state index is -0.251. The SMILES string of the molecule is Cc1cccc(C(C)C)c1NC(=O)c1cc(Cl)ccc1Cl. The van der Waals surface area contributed by atoms with E-state index in [1.165, 1.54) is 0 Å². The van der Waals surface area contributed by atoms with Gasteiger partial charge in [0.1, 0.15) is 0 Å². The highest BCUT2D eigenvalue weighted by Crippen LogP contribution is 2.29. The third-order valence-electron chi connectivity index (χ3n) is 3.34. The van der Waals surface area contributed by atoms with Crippen LogP contribution >= 0.6 is 23.2 Å². The van der Waals surface area contributed by atoms with Crippen LogP contribution in [-0.4, -0.2) is 5.91 Å². The van der Waals surface area contributed by atoms with Crippen molar-refractivity contribution in [2.75, 3.05) is 5.32 Å². The topological polar surface area (TPSA) is 29.1 Å². The van der Waals surface area contributed by atoms with Crippen molar-refractivity contribution < 1.29 is 4.79 Å². The second-order valence-corrected chi connectivity index (χ2v) is 6.12. The summed E-state index contributed by atoms with van der Waals surface area (Å²) in [6, 6.07) is 10.8. The van der Waals surface area contributed by atoms with Crippen LogP contribution < -0.4 is 5.32 Å². The van der Waals surface area contributed by atoms with Gasteiger partial charge in [0.05, 0.1) is 10.6 Å². The Hall–Kier alpha value is -1.51. The molecule has 0 aliphatic rings. The molecule has 0 aliphatic heterocycles. The Balaban J connectivity index is 2.38. The van der Waals surface area contributed by atoms with Crippen molar-refractivity contribution in [3.8, 4) is 0 Å². The molecule has 0 spiro atoms. The predicted octanol–water partition coefficient (Wildman–Crippen LogP) is 5.68. The van der Waals surface area contributed by atoms with Gasteiger partial charge in [-0.15, -0.1) is 0 Å². The third-order valence-corrected chi connectivity index (χ3v) is 3.90. The maximum atomic E-state index is 12.5. The van der Waals surface area contributed by atoms with Crippen LogP contribution in [0.5, 0.6) is 0 Å². The maximum Gasteiger partial charge on any atom is 0.257 e. The molecule has 0 heterocycles. The van der Waals surface area contributed by atoms with Gasteiger partial charge in [0.2, 0.25) is 0 Å². The van der Waals surface area contributed by atoms with Crippen LogP contribution in [0.1, 0.15) is 41.3 Å². The smallest absolute Gasteiger partial charge is 0.257 e. The highest BCUT2D eigenvalue weighted by molar-refractivity contribution is 6.36. The second kappa shape index (κ2) is 6.50. The molecule has 2 aromatic carbocycles. The first-order valence-corrected chi connectivity index (χ1v) is 7.51. The fourth-order valence-corrected chi connectivity index (χ4v) is 2.57. The molecule has 0 saturated carbocycles. The number of rotatable bonds is 3. The van der Waals surface area contributed by atoms with Gasteiger partial charge in [-0.3, -0.25) is 4.79 Å². The highest BCUT2D eigenvalue weighted by atomic mass is 35.5. The molecule has 0 saturated heterocycles. The Morgan fingerprint density at radius 2 is 1.86 bits per heavy atom. The second-order valence-electron chi connectivity index (χ2n) is 5.27. The lowest BCUT2D eigenvalue weighted by Crippen LogP contribution is -2.15. The first-order valence-electron chi connectivity index (χ1n) is 6.76. The summed E-state index contributed by atoms with van der Waals surface area (Å²) in [6.45, 7) is 6.16. The van der Waals surface area contributed by atoms with Crippen molar-refractivity contribution >= 4 is 34.8 Å². The number of hydrogen-bond donors (Lipinski definition) is 1. The summed E-state index contributed by atoms with van der Waals surface area (Å²) in [4.78, 5) is 12.5. The summed E-state index contributed by atoms with van der Waals surface area (Å²) >= 11 is 12.0. The van der Waals surface area contributed by atoms with Gasteiger partial charge in [-0.25, -0.2) is 0 Å². The Kier molecular flexibility index (Phi) is 4.92. The molecule has 1 N–H and O–H groups in total. The first-order chi connectivity index (χ1) is 9.90. The van der Waals surface area contributed by atoms with Gasteiger partial charge in [0.25, 0.3) is 5.91 Å². The molecule has 21 heavy (non-hydrogen) atoms. The van der Waals surface area contributed by atoms with Crippen LogP contribution in [0.25, 0.3) is 0 Å². The average molecular weight is 322 g/mol. The van der Waals surface area contributed by atoms with Crippen molar-refractivity contribution in [3.05, 3.63) is 63.1 Å². The van der Waals surface area contributed by atoms with E-state index in [0.717, 1.165) is 16.8 Å². The molecule has 0 bridgehead atoms. The van der Waals surface area contributed by atoms with Crippen LogP contribution in [0.4, 0.5) is 5.69 Å². The molecule has 2 rings (SSSR count). The molecule has 1 amide bonds. The van der Waals surface area contributed by atoms with Crippen LogP contribution in [0.3, 0.4) is 0 Å². The number of nitrogens with one attached hydrogen (secondary N) is 1. The Morgan fingerprint density at radius 1 is 1.14 bits per heavy atom. The maximum absolute atomic E-state index is 12.5. The van der Waals surface area contributed by atoms with E-state index < -0.39 is 0 Å². The summed E-state index contributed by atoms with van der Waals surface area (Å²) in [5, 5.41) is 3.83. The number of carbonyl (C=O) groups is 1. The summed E-state index contributed by atoms with van der Waals surface area (Å²) < 4.78 is 0. The van der Waals surface area contributed by atoms with Gasteiger partial charge in [0, 0.05) is 10.7 Å². The van der Waals surface area contributed by atoms with Crippen molar-refractivity contribution in [1.29, 1.82) is 0 Å². The number of para-hydroxylation sites is 1. The number of aryl methyl sites for hydroxylation is 1. The number of benzene rings is 2. The van der Waals surface area contributed by atoms with E-state index >= 15 is 0 Å². The van der Waals surface area contributed by atoms with Crippen LogP contribution in [0.15, 0.2) is 36.4 Å². The quantitative estimate of drug-likeness (QED) is 0.774. The molecule has 0 aliphatic carbocycles. The average Bonchev–Trinajstić information content (AvgIpc) is 2.43. The minimum absolute atomic E-state index is 0.251. The van der Waals surface area contributed by atoms with E-state index in [4.69, 9.17) is 23.2 Å². The van der Waals surface area contributed by atoms with Crippen molar-refractivity contribution in [1.82, 2.24) is 0 Å². The van der Waals surface area contributed by atoms with Crippen molar-refractivity contribution in [2.45, 2.75) is 26.7 Å². The Bertz CT molecular complexity index is 680. The standard InChI is InChI=1S/C17H17Cl2NO/c1-10(2)13-6-4-5-11(3)16(13)20-17(21)14-9-12(18)7-8-15(14)19/h4-10H,1-3H3,(H,20,21). The zero-order valence-electron chi connectivity index (χ0n) is 12.2. The van der Waals surface area contributed by atoms with E-state index in [9.17, 15) is 4.79 Å². The molecular formula is C17H17Cl2NO. The van der Waals surface area contributed by atoms with Gasteiger partial charge in [-0.05, 0) is 42.2 Å². The number of hydrogen-bond acceptors (Lipinski definition) is 1. The lowest BCUT2D eigenvalue weighted by Gasteiger charge is -2.17. The van der Waals surface area contributed by atoms with E-state index in [-0.39, 0.29) is 5.91 Å². The Morgan fingerprint density at radius 3 is 2.52 bits per heavy atom. The predicted molar refractivity (Wildman–Crippen MR) is 89.7 cm³/mol.